The number of halogens is 1. The molecule has 1 aromatic heterocycles. The lowest BCUT2D eigenvalue weighted by atomic mass is 10.1. The zero-order valence-corrected chi connectivity index (χ0v) is 11.1. The average molecular weight is 270 g/mol. The van der Waals surface area contributed by atoms with Crippen LogP contribution in [-0.2, 0) is 11.2 Å². The van der Waals surface area contributed by atoms with Crippen molar-refractivity contribution >= 4 is 23.4 Å². The first kappa shape index (κ1) is 14.4. The monoisotopic (exact) mass is 269 g/mol. The summed E-state index contributed by atoms with van der Waals surface area (Å²) in [5, 5.41) is 2.75. The van der Waals surface area contributed by atoms with Crippen LogP contribution in [0.2, 0.25) is 5.15 Å². The maximum absolute atomic E-state index is 11.9. The highest BCUT2D eigenvalue weighted by Gasteiger charge is 2.15. The molecule has 6 heteroatoms. The molecule has 98 valence electrons. The fourth-order valence-electron chi connectivity index (χ4n) is 1.42. The lowest BCUT2D eigenvalue weighted by Gasteiger charge is -2.11. The largest absolute Gasteiger partial charge is 0.368 e. The van der Waals surface area contributed by atoms with Gasteiger partial charge in [-0.1, -0.05) is 24.9 Å². The number of amides is 2. The number of aromatic nitrogens is 1. The molecule has 1 aromatic rings. The minimum atomic E-state index is -0.723. The van der Waals surface area contributed by atoms with Crippen molar-refractivity contribution in [3.63, 3.8) is 0 Å². The number of hydrogen-bond acceptors (Lipinski definition) is 3. The number of aryl methyl sites for hydroxylation is 1. The van der Waals surface area contributed by atoms with Crippen LogP contribution in [0.15, 0.2) is 12.1 Å². The maximum Gasteiger partial charge on any atom is 0.252 e. The molecule has 1 heterocycles. The third kappa shape index (κ3) is 4.00. The molecule has 0 spiro atoms. The fourth-order valence-corrected chi connectivity index (χ4v) is 1.64. The number of nitrogens with one attached hydrogen (secondary N) is 1. The summed E-state index contributed by atoms with van der Waals surface area (Å²) in [6, 6.07) is 2.40. The minimum Gasteiger partial charge on any atom is -0.368 e. The molecule has 1 rings (SSSR count). The van der Waals surface area contributed by atoms with E-state index < -0.39 is 11.9 Å². The van der Waals surface area contributed by atoms with Gasteiger partial charge in [-0.3, -0.25) is 9.59 Å². The molecule has 0 aliphatic rings. The lowest BCUT2D eigenvalue weighted by Crippen LogP contribution is -2.42. The van der Waals surface area contributed by atoms with Crippen LogP contribution in [0.4, 0.5) is 0 Å². The maximum atomic E-state index is 11.9. The van der Waals surface area contributed by atoms with E-state index >= 15 is 0 Å². The van der Waals surface area contributed by atoms with E-state index in [2.05, 4.69) is 10.3 Å². The smallest absolute Gasteiger partial charge is 0.252 e. The van der Waals surface area contributed by atoms with Crippen molar-refractivity contribution in [1.29, 1.82) is 0 Å². The van der Waals surface area contributed by atoms with Gasteiger partial charge in [0.25, 0.3) is 5.91 Å². The summed E-state index contributed by atoms with van der Waals surface area (Å²) in [4.78, 5) is 26.8. The molecule has 0 saturated carbocycles. The van der Waals surface area contributed by atoms with E-state index in [9.17, 15) is 9.59 Å². The Balaban J connectivity index is 2.88. The third-order valence-electron chi connectivity index (χ3n) is 2.39. The molecule has 0 aromatic carbocycles. The predicted octanol–water partition coefficient (Wildman–Crippen LogP) is 1.29. The first-order chi connectivity index (χ1) is 8.43. The molecule has 0 bridgehead atoms. The van der Waals surface area contributed by atoms with Gasteiger partial charge in [0.1, 0.15) is 11.2 Å². The van der Waals surface area contributed by atoms with Gasteiger partial charge in [-0.15, -0.1) is 0 Å². The Bertz CT molecular complexity index is 463. The van der Waals surface area contributed by atoms with Crippen molar-refractivity contribution in [2.24, 2.45) is 5.73 Å². The van der Waals surface area contributed by atoms with Crippen LogP contribution < -0.4 is 11.1 Å². The average Bonchev–Trinajstić information content (AvgIpc) is 2.28. The summed E-state index contributed by atoms with van der Waals surface area (Å²) in [5.74, 6) is -0.972. The van der Waals surface area contributed by atoms with Gasteiger partial charge < -0.3 is 11.1 Å². The van der Waals surface area contributed by atoms with E-state index in [4.69, 9.17) is 17.3 Å². The van der Waals surface area contributed by atoms with E-state index in [0.717, 1.165) is 18.5 Å². The van der Waals surface area contributed by atoms with Crippen LogP contribution in [0.5, 0.6) is 0 Å². The molecule has 0 saturated heterocycles. The Hall–Kier alpha value is -1.62. The van der Waals surface area contributed by atoms with Crippen molar-refractivity contribution in [2.45, 2.75) is 32.7 Å². The van der Waals surface area contributed by atoms with Crippen molar-refractivity contribution in [3.05, 3.63) is 28.5 Å². The molecule has 0 aliphatic carbocycles. The van der Waals surface area contributed by atoms with Crippen LogP contribution in [0.3, 0.4) is 0 Å². The molecule has 0 fully saturated rings. The second-order valence-corrected chi connectivity index (χ2v) is 4.40. The quantitative estimate of drug-likeness (QED) is 0.790. The Morgan fingerprint density at radius 3 is 2.72 bits per heavy atom. The molecule has 0 aliphatic heterocycles. The Morgan fingerprint density at radius 1 is 1.50 bits per heavy atom. The summed E-state index contributed by atoms with van der Waals surface area (Å²) in [5.41, 5.74) is 6.21. The zero-order valence-electron chi connectivity index (χ0n) is 10.4. The van der Waals surface area contributed by atoms with Gasteiger partial charge in [-0.25, -0.2) is 4.98 Å². The van der Waals surface area contributed by atoms with Crippen LogP contribution in [0, 0.1) is 0 Å². The van der Waals surface area contributed by atoms with Gasteiger partial charge in [-0.05, 0) is 25.5 Å². The Labute approximate surface area is 111 Å². The first-order valence-electron chi connectivity index (χ1n) is 5.70. The van der Waals surface area contributed by atoms with Crippen molar-refractivity contribution < 1.29 is 9.59 Å². The van der Waals surface area contributed by atoms with Gasteiger partial charge in [0.05, 0.1) is 0 Å². The van der Waals surface area contributed by atoms with E-state index in [1.165, 1.54) is 13.0 Å². The molecule has 1 atom stereocenters. The van der Waals surface area contributed by atoms with Crippen molar-refractivity contribution in [2.75, 3.05) is 0 Å². The topological polar surface area (TPSA) is 85.1 Å². The highest BCUT2D eigenvalue weighted by Crippen LogP contribution is 2.12. The molecule has 0 radical (unpaired) electrons. The highest BCUT2D eigenvalue weighted by atomic mass is 35.5. The number of carbonyl (C=O) groups is 2. The predicted molar refractivity (Wildman–Crippen MR) is 69.4 cm³/mol. The number of carbonyl (C=O) groups excluding carboxylic acids is 2. The van der Waals surface area contributed by atoms with E-state index in [-0.39, 0.29) is 11.1 Å². The van der Waals surface area contributed by atoms with Gasteiger partial charge in [0.2, 0.25) is 5.91 Å². The molecular weight excluding hydrogens is 254 g/mol. The lowest BCUT2D eigenvalue weighted by molar-refractivity contribution is -0.119. The summed E-state index contributed by atoms with van der Waals surface area (Å²) < 4.78 is 0. The number of nitrogens with zero attached hydrogens (tertiary/aromatic N) is 1. The first-order valence-corrected chi connectivity index (χ1v) is 6.08. The normalized spacial score (nSPS) is 11.9. The zero-order chi connectivity index (χ0) is 13.7. The summed E-state index contributed by atoms with van der Waals surface area (Å²) in [7, 11) is 0. The molecular formula is C12H16ClN3O2. The van der Waals surface area contributed by atoms with E-state index in [1.54, 1.807) is 6.07 Å². The summed E-state index contributed by atoms with van der Waals surface area (Å²) >= 11 is 5.85. The molecule has 5 nitrogen and oxygen atoms in total. The van der Waals surface area contributed by atoms with Crippen LogP contribution in [0.1, 0.15) is 36.3 Å². The fraction of sp³-hybridized carbons (Fsp3) is 0.417. The third-order valence-corrected chi connectivity index (χ3v) is 2.58. The number of hydrogen-bond donors (Lipinski definition) is 2. The molecule has 3 N–H and O–H groups in total. The van der Waals surface area contributed by atoms with Gasteiger partial charge >= 0.3 is 0 Å². The summed E-state index contributed by atoms with van der Waals surface area (Å²) in [6.45, 7) is 3.54. The second-order valence-electron chi connectivity index (χ2n) is 4.02. The standard InChI is InChI=1S/C12H16ClN3O2/c1-3-4-9-5-8(6-10(13)16-9)12(18)15-7(2)11(14)17/h5-7H,3-4H2,1-2H3,(H2,14,17)(H,15,18). The number of rotatable bonds is 5. The SMILES string of the molecule is CCCc1cc(C(=O)NC(C)C(N)=O)cc(Cl)n1. The van der Waals surface area contributed by atoms with Gasteiger partial charge in [0, 0.05) is 11.3 Å². The Morgan fingerprint density at radius 2 is 2.17 bits per heavy atom. The molecule has 18 heavy (non-hydrogen) atoms. The Kier molecular flexibility index (Phi) is 5.09. The minimum absolute atomic E-state index is 0.262. The van der Waals surface area contributed by atoms with Crippen molar-refractivity contribution in [1.82, 2.24) is 10.3 Å². The van der Waals surface area contributed by atoms with Crippen LogP contribution in [-0.4, -0.2) is 22.8 Å². The van der Waals surface area contributed by atoms with E-state index in [1.807, 2.05) is 6.92 Å². The second kappa shape index (κ2) is 6.35. The van der Waals surface area contributed by atoms with Gasteiger partial charge in [0.15, 0.2) is 0 Å². The number of primary amides is 1. The number of pyridine rings is 1. The van der Waals surface area contributed by atoms with Crippen LogP contribution in [0.25, 0.3) is 0 Å². The highest BCUT2D eigenvalue weighted by molar-refractivity contribution is 6.29. The number of nitrogens with two attached hydrogens (primary N) is 1. The summed E-state index contributed by atoms with van der Waals surface area (Å²) in [6.07, 6.45) is 1.65. The van der Waals surface area contributed by atoms with E-state index in [0.29, 0.717) is 5.56 Å². The van der Waals surface area contributed by atoms with Crippen LogP contribution >= 0.6 is 11.6 Å². The molecule has 1 unspecified atom stereocenters. The van der Waals surface area contributed by atoms with Crippen molar-refractivity contribution in [3.8, 4) is 0 Å². The molecule has 2 amide bonds. The van der Waals surface area contributed by atoms with Gasteiger partial charge in [-0.2, -0.15) is 0 Å².